The van der Waals surface area contributed by atoms with Gasteiger partial charge in [0.25, 0.3) is 0 Å². The molecule has 0 aliphatic carbocycles. The van der Waals surface area contributed by atoms with Crippen LogP contribution in [0.15, 0.2) is 29.2 Å². The van der Waals surface area contributed by atoms with Crippen LogP contribution in [0.25, 0.3) is 0 Å². The fourth-order valence-electron chi connectivity index (χ4n) is 0.860. The fourth-order valence-corrected chi connectivity index (χ4v) is 1.43. The number of hydrogen-bond acceptors (Lipinski definition) is 3. The van der Waals surface area contributed by atoms with E-state index in [-0.39, 0.29) is 5.12 Å². The Hall–Kier alpha value is -0.850. The molecule has 0 aromatic heterocycles. The Morgan fingerprint density at radius 3 is 3.00 bits per heavy atom. The van der Waals surface area contributed by atoms with Crippen LogP contribution in [0.5, 0.6) is 0 Å². The summed E-state index contributed by atoms with van der Waals surface area (Å²) in [5.41, 5.74) is 0.932. The van der Waals surface area contributed by atoms with Crippen molar-refractivity contribution in [3.63, 3.8) is 0 Å². The summed E-state index contributed by atoms with van der Waals surface area (Å²) in [7, 11) is 0. The van der Waals surface area contributed by atoms with Gasteiger partial charge in [-0.2, -0.15) is 0 Å². The van der Waals surface area contributed by atoms with Crippen LogP contribution < -0.4 is 0 Å². The highest BCUT2D eigenvalue weighted by Gasteiger charge is 1.89. The predicted octanol–water partition coefficient (Wildman–Crippen LogP) is 2.61. The van der Waals surface area contributed by atoms with E-state index in [1.54, 1.807) is 6.92 Å². The van der Waals surface area contributed by atoms with E-state index in [0.717, 1.165) is 10.5 Å². The van der Waals surface area contributed by atoms with Crippen LogP contribution >= 0.6 is 24.4 Å². The van der Waals surface area contributed by atoms with Crippen molar-refractivity contribution in [1.82, 2.24) is 0 Å². The SMILES string of the molecule is CC(=O)SCC#Cc1cccc(S)c1. The maximum absolute atomic E-state index is 10.6. The average Bonchev–Trinajstić information content (AvgIpc) is 2.12. The Kier molecular flexibility index (Phi) is 4.64. The molecule has 1 nitrogen and oxygen atoms in total. The first-order valence-electron chi connectivity index (χ1n) is 4.10. The van der Waals surface area contributed by atoms with Crippen molar-refractivity contribution in [1.29, 1.82) is 0 Å². The van der Waals surface area contributed by atoms with Crippen LogP contribution in [0.2, 0.25) is 0 Å². The molecule has 0 heterocycles. The molecule has 1 aromatic carbocycles. The lowest BCUT2D eigenvalue weighted by atomic mass is 10.2. The van der Waals surface area contributed by atoms with E-state index in [0.29, 0.717) is 5.75 Å². The van der Waals surface area contributed by atoms with Crippen molar-refractivity contribution in [3.05, 3.63) is 29.8 Å². The van der Waals surface area contributed by atoms with Crippen molar-refractivity contribution in [3.8, 4) is 11.8 Å². The number of benzene rings is 1. The van der Waals surface area contributed by atoms with Gasteiger partial charge in [-0.1, -0.05) is 29.7 Å². The Morgan fingerprint density at radius 1 is 1.57 bits per heavy atom. The summed E-state index contributed by atoms with van der Waals surface area (Å²) in [4.78, 5) is 11.5. The van der Waals surface area contributed by atoms with Gasteiger partial charge in [0.05, 0.1) is 5.75 Å². The van der Waals surface area contributed by atoms with Gasteiger partial charge in [0.15, 0.2) is 5.12 Å². The first-order chi connectivity index (χ1) is 6.68. The van der Waals surface area contributed by atoms with E-state index < -0.39 is 0 Å². The molecule has 0 spiro atoms. The van der Waals surface area contributed by atoms with Crippen LogP contribution in [-0.2, 0) is 4.79 Å². The van der Waals surface area contributed by atoms with Gasteiger partial charge in [0.2, 0.25) is 0 Å². The highest BCUT2D eigenvalue weighted by atomic mass is 32.2. The van der Waals surface area contributed by atoms with Gasteiger partial charge in [-0.25, -0.2) is 0 Å². The molecule has 0 saturated heterocycles. The molecule has 0 atom stereocenters. The van der Waals surface area contributed by atoms with E-state index >= 15 is 0 Å². The van der Waals surface area contributed by atoms with Crippen LogP contribution in [-0.4, -0.2) is 10.9 Å². The van der Waals surface area contributed by atoms with Gasteiger partial charge in [-0.3, -0.25) is 4.79 Å². The first-order valence-corrected chi connectivity index (χ1v) is 5.53. The highest BCUT2D eigenvalue weighted by molar-refractivity contribution is 8.13. The smallest absolute Gasteiger partial charge is 0.186 e. The summed E-state index contributed by atoms with van der Waals surface area (Å²) < 4.78 is 0. The Balaban J connectivity index is 2.55. The van der Waals surface area contributed by atoms with E-state index in [2.05, 4.69) is 24.5 Å². The summed E-state index contributed by atoms with van der Waals surface area (Å²) in [6.07, 6.45) is 0. The van der Waals surface area contributed by atoms with E-state index in [1.807, 2.05) is 24.3 Å². The Bertz CT molecular complexity index is 388. The van der Waals surface area contributed by atoms with Gasteiger partial charge in [-0.15, -0.1) is 12.6 Å². The number of carbonyl (C=O) groups is 1. The van der Waals surface area contributed by atoms with Crippen LogP contribution in [0.3, 0.4) is 0 Å². The molecule has 0 aliphatic rings. The third kappa shape index (κ3) is 4.40. The summed E-state index contributed by atoms with van der Waals surface area (Å²) >= 11 is 5.43. The molecule has 0 radical (unpaired) electrons. The van der Waals surface area contributed by atoms with E-state index in [1.165, 1.54) is 11.8 Å². The number of rotatable bonds is 1. The third-order valence-electron chi connectivity index (χ3n) is 1.43. The molecule has 0 fully saturated rings. The molecule has 14 heavy (non-hydrogen) atoms. The lowest BCUT2D eigenvalue weighted by Crippen LogP contribution is -1.82. The monoisotopic (exact) mass is 222 g/mol. The average molecular weight is 222 g/mol. The normalized spacial score (nSPS) is 9.00. The van der Waals surface area contributed by atoms with Crippen LogP contribution in [0.4, 0.5) is 0 Å². The lowest BCUT2D eigenvalue weighted by molar-refractivity contribution is -0.109. The maximum atomic E-state index is 10.6. The van der Waals surface area contributed by atoms with Crippen LogP contribution in [0.1, 0.15) is 12.5 Å². The van der Waals surface area contributed by atoms with Crippen molar-refractivity contribution < 1.29 is 4.79 Å². The first kappa shape index (κ1) is 11.2. The molecule has 0 bridgehead atoms. The zero-order valence-electron chi connectivity index (χ0n) is 7.78. The molecular formula is C11H10OS2. The topological polar surface area (TPSA) is 17.1 Å². The summed E-state index contributed by atoms with van der Waals surface area (Å²) in [6, 6.07) is 7.63. The van der Waals surface area contributed by atoms with E-state index in [9.17, 15) is 4.79 Å². The van der Waals surface area contributed by atoms with Crippen molar-refractivity contribution in [2.75, 3.05) is 5.75 Å². The summed E-state index contributed by atoms with van der Waals surface area (Å²) in [6.45, 7) is 1.54. The van der Waals surface area contributed by atoms with Crippen LogP contribution in [0, 0.1) is 11.8 Å². The minimum Gasteiger partial charge on any atom is -0.288 e. The Labute approximate surface area is 93.7 Å². The standard InChI is InChI=1S/C11H10OS2/c1-9(12)14-7-3-5-10-4-2-6-11(13)8-10/h2,4,6,8,13H,7H2,1H3. The largest absolute Gasteiger partial charge is 0.288 e. The zero-order valence-corrected chi connectivity index (χ0v) is 9.49. The van der Waals surface area contributed by atoms with Crippen molar-refractivity contribution in [2.24, 2.45) is 0 Å². The van der Waals surface area contributed by atoms with Crippen molar-refractivity contribution >= 4 is 29.5 Å². The second-order valence-corrected chi connectivity index (χ2v) is 4.30. The van der Waals surface area contributed by atoms with Gasteiger partial charge in [0.1, 0.15) is 0 Å². The number of carbonyl (C=O) groups excluding carboxylic acids is 1. The van der Waals surface area contributed by atoms with Gasteiger partial charge < -0.3 is 0 Å². The molecule has 0 saturated carbocycles. The van der Waals surface area contributed by atoms with E-state index in [4.69, 9.17) is 0 Å². The molecule has 1 aromatic rings. The third-order valence-corrected chi connectivity index (χ3v) is 2.40. The molecule has 0 N–H and O–H groups in total. The molecule has 0 amide bonds. The molecular weight excluding hydrogens is 212 g/mol. The zero-order chi connectivity index (χ0) is 10.4. The highest BCUT2D eigenvalue weighted by Crippen LogP contribution is 2.07. The minimum atomic E-state index is 0.0993. The second kappa shape index (κ2) is 5.79. The predicted molar refractivity (Wildman–Crippen MR) is 63.7 cm³/mol. The maximum Gasteiger partial charge on any atom is 0.186 e. The molecule has 1 rings (SSSR count). The molecule has 72 valence electrons. The molecule has 3 heteroatoms. The minimum absolute atomic E-state index is 0.0993. The molecule has 0 aliphatic heterocycles. The van der Waals surface area contributed by atoms with Gasteiger partial charge >= 0.3 is 0 Å². The lowest BCUT2D eigenvalue weighted by Gasteiger charge is -1.91. The van der Waals surface area contributed by atoms with Gasteiger partial charge in [0, 0.05) is 17.4 Å². The Morgan fingerprint density at radius 2 is 2.36 bits per heavy atom. The van der Waals surface area contributed by atoms with Gasteiger partial charge in [-0.05, 0) is 18.2 Å². The number of thiol groups is 1. The quantitative estimate of drug-likeness (QED) is 0.581. The number of thioether (sulfide) groups is 1. The second-order valence-electron chi connectivity index (χ2n) is 2.63. The molecule has 0 unspecified atom stereocenters. The van der Waals surface area contributed by atoms with Crippen molar-refractivity contribution in [2.45, 2.75) is 11.8 Å². The summed E-state index contributed by atoms with van der Waals surface area (Å²) in [5, 5.41) is 0.0993. The summed E-state index contributed by atoms with van der Waals surface area (Å²) in [5.74, 6) is 6.44. The number of hydrogen-bond donors (Lipinski definition) is 1. The fraction of sp³-hybridized carbons (Fsp3) is 0.182.